The van der Waals surface area contributed by atoms with E-state index >= 15 is 0 Å². The minimum Gasteiger partial charge on any atom is -0.392 e. The zero-order valence-corrected chi connectivity index (χ0v) is 7.02. The van der Waals surface area contributed by atoms with Crippen molar-refractivity contribution in [3.05, 3.63) is 34.9 Å². The van der Waals surface area contributed by atoms with E-state index in [4.69, 9.17) is 5.11 Å². The topological polar surface area (TPSA) is 20.2 Å². The molecule has 0 aliphatic heterocycles. The Morgan fingerprint density at radius 2 is 1.92 bits per heavy atom. The molecule has 0 bridgehead atoms. The Balaban J connectivity index is 3.19. The number of rotatable bonds is 1. The fourth-order valence-electron chi connectivity index (χ4n) is 1.07. The minimum absolute atomic E-state index is 0.171. The second kappa shape index (κ2) is 3.38. The highest BCUT2D eigenvalue weighted by atomic mass is 19.4. The molecule has 13 heavy (non-hydrogen) atoms. The summed E-state index contributed by atoms with van der Waals surface area (Å²) in [7, 11) is 0. The smallest absolute Gasteiger partial charge is 0.392 e. The molecule has 1 nitrogen and oxygen atoms in total. The number of aliphatic hydroxyl groups excluding tert-OH is 1. The fraction of sp³-hybridized carbons (Fsp3) is 0.333. The predicted molar refractivity (Wildman–Crippen MR) is 42.1 cm³/mol. The zero-order chi connectivity index (χ0) is 10.1. The van der Waals surface area contributed by atoms with Gasteiger partial charge in [0.2, 0.25) is 0 Å². The lowest BCUT2D eigenvalue weighted by atomic mass is 10.1. The third kappa shape index (κ3) is 2.21. The molecule has 1 N–H and O–H groups in total. The van der Waals surface area contributed by atoms with Crippen LogP contribution < -0.4 is 0 Å². The van der Waals surface area contributed by atoms with E-state index in [-0.39, 0.29) is 17.7 Å². The van der Waals surface area contributed by atoms with Gasteiger partial charge in [-0.05, 0) is 24.1 Å². The van der Waals surface area contributed by atoms with Crippen LogP contribution in [0.25, 0.3) is 0 Å². The largest absolute Gasteiger partial charge is 0.416 e. The van der Waals surface area contributed by atoms with E-state index in [0.717, 1.165) is 6.07 Å². The molecule has 0 amide bonds. The molecule has 1 aromatic carbocycles. The van der Waals surface area contributed by atoms with Crippen molar-refractivity contribution in [3.63, 3.8) is 0 Å². The van der Waals surface area contributed by atoms with Gasteiger partial charge in [0.15, 0.2) is 0 Å². The average Bonchev–Trinajstić information content (AvgIpc) is 2.03. The monoisotopic (exact) mass is 190 g/mol. The first kappa shape index (κ1) is 10.1. The summed E-state index contributed by atoms with van der Waals surface area (Å²) in [5.74, 6) is 0. The van der Waals surface area contributed by atoms with Gasteiger partial charge in [0.05, 0.1) is 12.2 Å². The van der Waals surface area contributed by atoms with E-state index in [2.05, 4.69) is 0 Å². The third-order valence-electron chi connectivity index (χ3n) is 1.79. The number of alkyl halides is 3. The number of aliphatic hydroxyl groups is 1. The van der Waals surface area contributed by atoms with Gasteiger partial charge in [-0.3, -0.25) is 0 Å². The van der Waals surface area contributed by atoms with Gasteiger partial charge < -0.3 is 5.11 Å². The SMILES string of the molecule is Cc1ccc(CO)cc1C(F)(F)F. The number of benzene rings is 1. The maximum Gasteiger partial charge on any atom is 0.416 e. The second-order valence-electron chi connectivity index (χ2n) is 2.81. The lowest BCUT2D eigenvalue weighted by Gasteiger charge is -2.10. The molecule has 1 rings (SSSR count). The van der Waals surface area contributed by atoms with Crippen molar-refractivity contribution in [1.82, 2.24) is 0 Å². The van der Waals surface area contributed by atoms with E-state index in [9.17, 15) is 13.2 Å². The van der Waals surface area contributed by atoms with Gasteiger partial charge in [0, 0.05) is 0 Å². The molecule has 0 radical (unpaired) electrons. The second-order valence-corrected chi connectivity index (χ2v) is 2.81. The number of hydrogen-bond donors (Lipinski definition) is 1. The summed E-state index contributed by atoms with van der Waals surface area (Å²) >= 11 is 0. The quantitative estimate of drug-likeness (QED) is 0.721. The molecule has 0 aromatic heterocycles. The highest BCUT2D eigenvalue weighted by Gasteiger charge is 2.32. The number of hydrogen-bond acceptors (Lipinski definition) is 1. The molecular formula is C9H9F3O. The van der Waals surface area contributed by atoms with Crippen molar-refractivity contribution in [1.29, 1.82) is 0 Å². The Morgan fingerprint density at radius 1 is 1.31 bits per heavy atom. The van der Waals surface area contributed by atoms with Crippen LogP contribution in [0.4, 0.5) is 13.2 Å². The van der Waals surface area contributed by atoms with Gasteiger partial charge in [-0.1, -0.05) is 12.1 Å². The Morgan fingerprint density at radius 3 is 2.38 bits per heavy atom. The molecule has 72 valence electrons. The summed E-state index contributed by atoms with van der Waals surface area (Å²) in [6, 6.07) is 3.80. The van der Waals surface area contributed by atoms with Crippen LogP contribution in [0.15, 0.2) is 18.2 Å². The van der Waals surface area contributed by atoms with Gasteiger partial charge in [-0.25, -0.2) is 0 Å². The third-order valence-corrected chi connectivity index (χ3v) is 1.79. The summed E-state index contributed by atoms with van der Waals surface area (Å²) in [6.45, 7) is 1.02. The van der Waals surface area contributed by atoms with Gasteiger partial charge in [0.25, 0.3) is 0 Å². The Bertz CT molecular complexity index is 304. The van der Waals surface area contributed by atoms with Crippen LogP contribution >= 0.6 is 0 Å². The van der Waals surface area contributed by atoms with Crippen LogP contribution in [0, 0.1) is 6.92 Å². The Kier molecular flexibility index (Phi) is 2.61. The van der Waals surface area contributed by atoms with Gasteiger partial charge in [0.1, 0.15) is 0 Å². The molecular weight excluding hydrogens is 181 g/mol. The number of aryl methyl sites for hydroxylation is 1. The lowest BCUT2D eigenvalue weighted by molar-refractivity contribution is -0.138. The summed E-state index contributed by atoms with van der Waals surface area (Å²) in [5, 5.41) is 8.65. The first-order valence-corrected chi connectivity index (χ1v) is 3.72. The van der Waals surface area contributed by atoms with Crippen LogP contribution in [0.2, 0.25) is 0 Å². The first-order valence-electron chi connectivity index (χ1n) is 3.72. The maximum atomic E-state index is 12.3. The van der Waals surface area contributed by atoms with Crippen molar-refractivity contribution >= 4 is 0 Å². The highest BCUT2D eigenvalue weighted by molar-refractivity contribution is 5.32. The molecule has 0 saturated heterocycles. The molecule has 0 fully saturated rings. The van der Waals surface area contributed by atoms with Gasteiger partial charge >= 0.3 is 6.18 Å². The molecule has 0 saturated carbocycles. The molecule has 1 aromatic rings. The van der Waals surface area contributed by atoms with E-state index in [1.165, 1.54) is 19.1 Å². The molecule has 0 heterocycles. The molecule has 0 atom stereocenters. The van der Waals surface area contributed by atoms with Gasteiger partial charge in [-0.15, -0.1) is 0 Å². The first-order chi connectivity index (χ1) is 5.95. The summed E-state index contributed by atoms with van der Waals surface area (Å²) in [5.41, 5.74) is -0.235. The zero-order valence-electron chi connectivity index (χ0n) is 7.02. The van der Waals surface area contributed by atoms with Crippen LogP contribution in [-0.2, 0) is 12.8 Å². The molecule has 0 aliphatic carbocycles. The molecule has 0 aliphatic rings. The van der Waals surface area contributed by atoms with Crippen LogP contribution in [-0.4, -0.2) is 5.11 Å². The highest BCUT2D eigenvalue weighted by Crippen LogP contribution is 2.32. The summed E-state index contributed by atoms with van der Waals surface area (Å²) in [6.07, 6.45) is -4.34. The van der Waals surface area contributed by atoms with Crippen molar-refractivity contribution in [3.8, 4) is 0 Å². The average molecular weight is 190 g/mol. The molecule has 4 heteroatoms. The molecule has 0 unspecified atom stereocenters. The van der Waals surface area contributed by atoms with Crippen molar-refractivity contribution in [2.75, 3.05) is 0 Å². The maximum absolute atomic E-state index is 12.3. The van der Waals surface area contributed by atoms with E-state index in [1.807, 2.05) is 0 Å². The van der Waals surface area contributed by atoms with Crippen molar-refractivity contribution in [2.45, 2.75) is 19.7 Å². The van der Waals surface area contributed by atoms with Crippen LogP contribution in [0.1, 0.15) is 16.7 Å². The summed E-state index contributed by atoms with van der Waals surface area (Å²) in [4.78, 5) is 0. The van der Waals surface area contributed by atoms with Crippen molar-refractivity contribution in [2.24, 2.45) is 0 Å². The standard InChI is InChI=1S/C9H9F3O/c1-6-2-3-7(5-13)4-8(6)9(10,11)12/h2-4,13H,5H2,1H3. The normalized spacial score (nSPS) is 11.8. The van der Waals surface area contributed by atoms with Crippen LogP contribution in [0.3, 0.4) is 0 Å². The van der Waals surface area contributed by atoms with E-state index < -0.39 is 11.7 Å². The lowest BCUT2D eigenvalue weighted by Crippen LogP contribution is -2.08. The summed E-state index contributed by atoms with van der Waals surface area (Å²) < 4.78 is 36.9. The molecule has 0 spiro atoms. The van der Waals surface area contributed by atoms with Gasteiger partial charge in [-0.2, -0.15) is 13.2 Å². The number of halogens is 3. The van der Waals surface area contributed by atoms with Crippen LogP contribution in [0.5, 0.6) is 0 Å². The van der Waals surface area contributed by atoms with E-state index in [1.54, 1.807) is 0 Å². The minimum atomic E-state index is -4.34. The predicted octanol–water partition coefficient (Wildman–Crippen LogP) is 2.51. The Hall–Kier alpha value is -1.03. The fourth-order valence-corrected chi connectivity index (χ4v) is 1.07. The van der Waals surface area contributed by atoms with E-state index in [0.29, 0.717) is 0 Å². The van der Waals surface area contributed by atoms with Crippen molar-refractivity contribution < 1.29 is 18.3 Å². The Labute approximate surface area is 73.8 Å².